The molecule has 6 heteroatoms. The first-order valence-electron chi connectivity index (χ1n) is 6.94. The number of anilines is 2. The molecular formula is C17H18N2O4. The molecule has 2 amide bonds. The summed E-state index contributed by atoms with van der Waals surface area (Å²) in [5, 5.41) is 5.42. The number of methoxy groups -OCH3 is 2. The van der Waals surface area contributed by atoms with Crippen molar-refractivity contribution in [2.45, 2.75) is 6.92 Å². The highest BCUT2D eigenvalue weighted by atomic mass is 16.5. The van der Waals surface area contributed by atoms with Crippen LogP contribution in [0.15, 0.2) is 42.5 Å². The van der Waals surface area contributed by atoms with Crippen LogP contribution in [0.5, 0.6) is 11.5 Å². The molecule has 0 radical (unpaired) electrons. The molecule has 0 aliphatic carbocycles. The Morgan fingerprint density at radius 1 is 0.870 bits per heavy atom. The van der Waals surface area contributed by atoms with Crippen LogP contribution in [0, 0.1) is 0 Å². The van der Waals surface area contributed by atoms with Crippen molar-refractivity contribution >= 4 is 23.2 Å². The SMILES string of the molecule is COc1cc(NC(=O)c2cccc(NC(C)=O)c2)cc(OC)c1. The van der Waals surface area contributed by atoms with Crippen molar-refractivity contribution < 1.29 is 19.1 Å². The van der Waals surface area contributed by atoms with Crippen LogP contribution < -0.4 is 20.1 Å². The van der Waals surface area contributed by atoms with Gasteiger partial charge in [0.25, 0.3) is 5.91 Å². The lowest BCUT2D eigenvalue weighted by Crippen LogP contribution is -2.13. The van der Waals surface area contributed by atoms with Crippen LogP contribution in [-0.4, -0.2) is 26.0 Å². The fourth-order valence-corrected chi connectivity index (χ4v) is 2.02. The van der Waals surface area contributed by atoms with Crippen LogP contribution in [-0.2, 0) is 4.79 Å². The van der Waals surface area contributed by atoms with E-state index in [1.54, 1.807) is 42.5 Å². The summed E-state index contributed by atoms with van der Waals surface area (Å²) in [6.07, 6.45) is 0. The van der Waals surface area contributed by atoms with Gasteiger partial charge in [0.2, 0.25) is 5.91 Å². The molecule has 0 saturated carbocycles. The maximum atomic E-state index is 12.3. The first kappa shape index (κ1) is 16.4. The van der Waals surface area contributed by atoms with Gasteiger partial charge in [-0.3, -0.25) is 9.59 Å². The number of ether oxygens (including phenoxy) is 2. The maximum Gasteiger partial charge on any atom is 0.255 e. The van der Waals surface area contributed by atoms with Gasteiger partial charge in [-0.05, 0) is 18.2 Å². The van der Waals surface area contributed by atoms with Gasteiger partial charge >= 0.3 is 0 Å². The van der Waals surface area contributed by atoms with Crippen molar-refractivity contribution in [3.05, 3.63) is 48.0 Å². The number of nitrogens with one attached hydrogen (secondary N) is 2. The molecule has 2 rings (SSSR count). The minimum absolute atomic E-state index is 0.194. The van der Waals surface area contributed by atoms with E-state index < -0.39 is 0 Å². The summed E-state index contributed by atoms with van der Waals surface area (Å²) < 4.78 is 10.3. The number of carbonyl (C=O) groups is 2. The predicted octanol–water partition coefficient (Wildman–Crippen LogP) is 2.91. The van der Waals surface area contributed by atoms with Gasteiger partial charge in [-0.25, -0.2) is 0 Å². The van der Waals surface area contributed by atoms with Crippen LogP contribution in [0.1, 0.15) is 17.3 Å². The summed E-state index contributed by atoms with van der Waals surface area (Å²) in [5.74, 6) is 0.658. The molecule has 0 fully saturated rings. The van der Waals surface area contributed by atoms with E-state index in [9.17, 15) is 9.59 Å². The van der Waals surface area contributed by atoms with E-state index in [2.05, 4.69) is 10.6 Å². The molecule has 0 bridgehead atoms. The molecule has 0 aromatic heterocycles. The highest BCUT2D eigenvalue weighted by molar-refractivity contribution is 6.05. The summed E-state index contributed by atoms with van der Waals surface area (Å²) >= 11 is 0. The van der Waals surface area contributed by atoms with Crippen LogP contribution in [0.2, 0.25) is 0 Å². The molecule has 6 nitrogen and oxygen atoms in total. The summed E-state index contributed by atoms with van der Waals surface area (Å²) in [5.41, 5.74) is 1.54. The van der Waals surface area contributed by atoms with Gasteiger partial charge in [0.15, 0.2) is 0 Å². The van der Waals surface area contributed by atoms with Crippen molar-refractivity contribution in [2.24, 2.45) is 0 Å². The average Bonchev–Trinajstić information content (AvgIpc) is 2.54. The van der Waals surface area contributed by atoms with E-state index in [1.165, 1.54) is 21.1 Å². The first-order valence-corrected chi connectivity index (χ1v) is 6.94. The Balaban J connectivity index is 2.20. The van der Waals surface area contributed by atoms with Crippen molar-refractivity contribution in [2.75, 3.05) is 24.9 Å². The van der Waals surface area contributed by atoms with Crippen molar-refractivity contribution in [1.82, 2.24) is 0 Å². The quantitative estimate of drug-likeness (QED) is 0.889. The fraction of sp³-hybridized carbons (Fsp3) is 0.176. The van der Waals surface area contributed by atoms with Crippen molar-refractivity contribution in [3.63, 3.8) is 0 Å². The Hall–Kier alpha value is -3.02. The van der Waals surface area contributed by atoms with Crippen LogP contribution in [0.25, 0.3) is 0 Å². The Bertz CT molecular complexity index is 706. The zero-order chi connectivity index (χ0) is 16.8. The molecule has 2 N–H and O–H groups in total. The van der Waals surface area contributed by atoms with Gasteiger partial charge in [0.05, 0.1) is 14.2 Å². The molecule has 0 aliphatic heterocycles. The molecule has 0 heterocycles. The van der Waals surface area contributed by atoms with E-state index >= 15 is 0 Å². The topological polar surface area (TPSA) is 76.7 Å². The van der Waals surface area contributed by atoms with Crippen molar-refractivity contribution in [1.29, 1.82) is 0 Å². The molecule has 120 valence electrons. The zero-order valence-corrected chi connectivity index (χ0v) is 13.2. The molecular weight excluding hydrogens is 296 g/mol. The molecule has 2 aromatic rings. The average molecular weight is 314 g/mol. The second-order valence-corrected chi connectivity index (χ2v) is 4.82. The van der Waals surface area contributed by atoms with Gasteiger partial charge in [-0.2, -0.15) is 0 Å². The molecule has 0 atom stereocenters. The second-order valence-electron chi connectivity index (χ2n) is 4.82. The molecule has 0 saturated heterocycles. The van der Waals surface area contributed by atoms with Crippen LogP contribution in [0.3, 0.4) is 0 Å². The Morgan fingerprint density at radius 3 is 2.09 bits per heavy atom. The molecule has 0 aliphatic rings. The molecule has 0 unspecified atom stereocenters. The second kappa shape index (κ2) is 7.31. The van der Waals surface area contributed by atoms with Crippen LogP contribution in [0.4, 0.5) is 11.4 Å². The minimum atomic E-state index is -0.299. The lowest BCUT2D eigenvalue weighted by Gasteiger charge is -2.10. The van der Waals surface area contributed by atoms with E-state index in [-0.39, 0.29) is 11.8 Å². The Morgan fingerprint density at radius 2 is 1.52 bits per heavy atom. The van der Waals surface area contributed by atoms with E-state index in [1.807, 2.05) is 0 Å². The van der Waals surface area contributed by atoms with Gasteiger partial charge in [0.1, 0.15) is 11.5 Å². The number of rotatable bonds is 5. The number of hydrogen-bond acceptors (Lipinski definition) is 4. The number of amides is 2. The minimum Gasteiger partial charge on any atom is -0.497 e. The predicted molar refractivity (Wildman–Crippen MR) is 88.2 cm³/mol. The number of carbonyl (C=O) groups excluding carboxylic acids is 2. The largest absolute Gasteiger partial charge is 0.497 e. The summed E-state index contributed by atoms with van der Waals surface area (Å²) in [7, 11) is 3.08. The van der Waals surface area contributed by atoms with E-state index in [0.29, 0.717) is 28.4 Å². The van der Waals surface area contributed by atoms with E-state index in [4.69, 9.17) is 9.47 Å². The summed E-state index contributed by atoms with van der Waals surface area (Å²) in [6.45, 7) is 1.41. The molecule has 0 spiro atoms. The van der Waals surface area contributed by atoms with Gasteiger partial charge in [-0.15, -0.1) is 0 Å². The highest BCUT2D eigenvalue weighted by Crippen LogP contribution is 2.26. The summed E-state index contributed by atoms with van der Waals surface area (Å²) in [4.78, 5) is 23.4. The van der Waals surface area contributed by atoms with Gasteiger partial charge in [0, 0.05) is 42.1 Å². The first-order chi connectivity index (χ1) is 11.0. The third-order valence-electron chi connectivity index (χ3n) is 3.05. The lowest BCUT2D eigenvalue weighted by atomic mass is 10.1. The third-order valence-corrected chi connectivity index (χ3v) is 3.05. The lowest BCUT2D eigenvalue weighted by molar-refractivity contribution is -0.114. The summed E-state index contributed by atoms with van der Waals surface area (Å²) in [6, 6.07) is 11.8. The Kier molecular flexibility index (Phi) is 5.19. The molecule has 23 heavy (non-hydrogen) atoms. The highest BCUT2D eigenvalue weighted by Gasteiger charge is 2.09. The number of benzene rings is 2. The normalized spacial score (nSPS) is 9.87. The fourth-order valence-electron chi connectivity index (χ4n) is 2.02. The zero-order valence-electron chi connectivity index (χ0n) is 13.2. The van der Waals surface area contributed by atoms with Gasteiger partial charge in [-0.1, -0.05) is 6.07 Å². The van der Waals surface area contributed by atoms with Crippen LogP contribution >= 0.6 is 0 Å². The monoisotopic (exact) mass is 314 g/mol. The van der Waals surface area contributed by atoms with Crippen molar-refractivity contribution in [3.8, 4) is 11.5 Å². The molecule has 2 aromatic carbocycles. The third kappa shape index (κ3) is 4.47. The number of hydrogen-bond donors (Lipinski definition) is 2. The maximum absolute atomic E-state index is 12.3. The standard InChI is InChI=1S/C17H18N2O4/c1-11(20)18-13-6-4-5-12(7-13)17(21)19-14-8-15(22-2)10-16(9-14)23-3/h4-10H,1-3H3,(H,18,20)(H,19,21). The van der Waals surface area contributed by atoms with Gasteiger partial charge < -0.3 is 20.1 Å². The smallest absolute Gasteiger partial charge is 0.255 e. The van der Waals surface area contributed by atoms with E-state index in [0.717, 1.165) is 0 Å². The Labute approximate surface area is 134 Å².